The maximum atomic E-state index is 12.4. The molecule has 29 heavy (non-hydrogen) atoms. The Kier molecular flexibility index (Phi) is 5.88. The molecule has 0 spiro atoms. The number of halogens is 1. The number of aromatic amines is 1. The lowest BCUT2D eigenvalue weighted by molar-refractivity contribution is -0.928. The van der Waals surface area contributed by atoms with Crippen LogP contribution in [0.25, 0.3) is 21.8 Å². The van der Waals surface area contributed by atoms with Gasteiger partial charge >= 0.3 is 0 Å². The fourth-order valence-corrected chi connectivity index (χ4v) is 3.86. The molecule has 2 heterocycles. The molecule has 0 radical (unpaired) electrons. The molecule has 4 rings (SSSR count). The zero-order chi connectivity index (χ0) is 20.2. The molecule has 0 aliphatic carbocycles. The number of H-pyrrole nitrogens is 1. The summed E-state index contributed by atoms with van der Waals surface area (Å²) in [6.07, 6.45) is 2.20. The monoisotopic (exact) mass is 407 g/mol. The van der Waals surface area contributed by atoms with Gasteiger partial charge in [-0.2, -0.15) is 0 Å². The van der Waals surface area contributed by atoms with Crippen LogP contribution in [0.2, 0.25) is 5.15 Å². The first-order chi connectivity index (χ1) is 14.1. The van der Waals surface area contributed by atoms with Gasteiger partial charge in [0.05, 0.1) is 23.0 Å². The standard InChI is InChI=1S/C23H23ClN4O/c1-2-3-12-28(14-17-13-16-8-4-6-10-19(16)26-22(17)24)15-21-25-20-11-7-5-9-18(20)23(29)27-21/h4-11,13H,2-3,12,14-15H2,1H3,(H,25,27,29)/p+1. The minimum atomic E-state index is -0.0918. The van der Waals surface area contributed by atoms with Gasteiger partial charge in [0.15, 0.2) is 5.82 Å². The summed E-state index contributed by atoms with van der Waals surface area (Å²) in [5.74, 6) is 0.699. The molecule has 0 aliphatic rings. The van der Waals surface area contributed by atoms with Gasteiger partial charge in [-0.25, -0.2) is 9.97 Å². The van der Waals surface area contributed by atoms with E-state index in [2.05, 4.69) is 34.0 Å². The van der Waals surface area contributed by atoms with Crippen molar-refractivity contribution in [3.8, 4) is 0 Å². The highest BCUT2D eigenvalue weighted by Gasteiger charge is 2.16. The fourth-order valence-electron chi connectivity index (χ4n) is 3.65. The number of quaternary nitrogens is 1. The Morgan fingerprint density at radius 2 is 1.76 bits per heavy atom. The van der Waals surface area contributed by atoms with Gasteiger partial charge in [0.2, 0.25) is 0 Å². The van der Waals surface area contributed by atoms with Gasteiger partial charge < -0.3 is 9.88 Å². The molecule has 0 amide bonds. The van der Waals surface area contributed by atoms with E-state index >= 15 is 0 Å². The van der Waals surface area contributed by atoms with Gasteiger partial charge in [0.25, 0.3) is 5.56 Å². The van der Waals surface area contributed by atoms with Crippen molar-refractivity contribution in [3.05, 3.63) is 81.5 Å². The van der Waals surface area contributed by atoms with Crippen LogP contribution in [0.1, 0.15) is 31.2 Å². The summed E-state index contributed by atoms with van der Waals surface area (Å²) in [4.78, 5) is 25.9. The highest BCUT2D eigenvalue weighted by molar-refractivity contribution is 6.30. The number of hydrogen-bond acceptors (Lipinski definition) is 3. The molecular weight excluding hydrogens is 384 g/mol. The van der Waals surface area contributed by atoms with Crippen molar-refractivity contribution in [3.63, 3.8) is 0 Å². The van der Waals surface area contributed by atoms with Crippen LogP contribution in [0, 0.1) is 0 Å². The molecule has 0 saturated heterocycles. The summed E-state index contributed by atoms with van der Waals surface area (Å²) in [7, 11) is 0. The summed E-state index contributed by atoms with van der Waals surface area (Å²) < 4.78 is 0. The molecule has 2 aromatic carbocycles. The van der Waals surface area contributed by atoms with Gasteiger partial charge in [0, 0.05) is 10.9 Å². The molecule has 2 aromatic heterocycles. The molecule has 1 unspecified atom stereocenters. The molecule has 6 heteroatoms. The molecular formula is C23H24ClN4O+. The highest BCUT2D eigenvalue weighted by atomic mass is 35.5. The minimum absolute atomic E-state index is 0.0918. The van der Waals surface area contributed by atoms with Crippen LogP contribution >= 0.6 is 11.6 Å². The molecule has 0 bridgehead atoms. The third kappa shape index (κ3) is 4.47. The largest absolute Gasteiger partial charge is 0.325 e. The van der Waals surface area contributed by atoms with Crippen molar-refractivity contribution < 1.29 is 4.90 Å². The quantitative estimate of drug-likeness (QED) is 0.461. The number of aromatic nitrogens is 3. The molecule has 2 N–H and O–H groups in total. The van der Waals surface area contributed by atoms with Crippen molar-refractivity contribution in [1.82, 2.24) is 15.0 Å². The Morgan fingerprint density at radius 1 is 1.00 bits per heavy atom. The zero-order valence-electron chi connectivity index (χ0n) is 16.4. The second-order valence-electron chi connectivity index (χ2n) is 7.37. The Bertz CT molecular complexity index is 1200. The SMILES string of the molecule is CCCC[NH+](Cc1nc2ccccc2c(=O)[nH]1)Cc1cc2ccccc2nc1Cl. The van der Waals surface area contributed by atoms with Crippen molar-refractivity contribution in [2.45, 2.75) is 32.9 Å². The maximum absolute atomic E-state index is 12.4. The maximum Gasteiger partial charge on any atom is 0.258 e. The van der Waals surface area contributed by atoms with E-state index in [0.717, 1.165) is 47.9 Å². The number of unbranched alkanes of at least 4 members (excludes halogenated alkanes) is 1. The second-order valence-corrected chi connectivity index (χ2v) is 7.73. The summed E-state index contributed by atoms with van der Waals surface area (Å²) >= 11 is 6.49. The smallest absolute Gasteiger partial charge is 0.258 e. The van der Waals surface area contributed by atoms with Crippen molar-refractivity contribution in [2.75, 3.05) is 6.54 Å². The summed E-state index contributed by atoms with van der Waals surface area (Å²) in [6, 6.07) is 17.5. The van der Waals surface area contributed by atoms with Crippen LogP contribution in [0.3, 0.4) is 0 Å². The predicted molar refractivity (Wildman–Crippen MR) is 117 cm³/mol. The molecule has 0 saturated carbocycles. The lowest BCUT2D eigenvalue weighted by Gasteiger charge is -2.20. The van der Waals surface area contributed by atoms with E-state index in [1.807, 2.05) is 36.4 Å². The van der Waals surface area contributed by atoms with Crippen molar-refractivity contribution in [1.29, 1.82) is 0 Å². The molecule has 4 aromatic rings. The highest BCUT2D eigenvalue weighted by Crippen LogP contribution is 2.19. The molecule has 148 valence electrons. The number of para-hydroxylation sites is 2. The van der Waals surface area contributed by atoms with Gasteiger partial charge in [-0.3, -0.25) is 4.79 Å². The number of nitrogens with one attached hydrogen (secondary N) is 2. The molecule has 0 fully saturated rings. The number of rotatable bonds is 7. The van der Waals surface area contributed by atoms with Crippen LogP contribution in [0.15, 0.2) is 59.4 Å². The van der Waals surface area contributed by atoms with E-state index in [0.29, 0.717) is 22.9 Å². The van der Waals surface area contributed by atoms with E-state index in [4.69, 9.17) is 11.6 Å². The Balaban J connectivity index is 1.63. The topological polar surface area (TPSA) is 63.1 Å². The van der Waals surface area contributed by atoms with Gasteiger partial charge in [-0.15, -0.1) is 0 Å². The predicted octanol–water partition coefficient (Wildman–Crippen LogP) is 3.51. The second kappa shape index (κ2) is 8.72. The number of fused-ring (bicyclic) bond motifs is 2. The molecule has 0 aliphatic heterocycles. The van der Waals surface area contributed by atoms with E-state index in [1.165, 1.54) is 4.90 Å². The third-order valence-electron chi connectivity index (χ3n) is 5.15. The Morgan fingerprint density at radius 3 is 2.59 bits per heavy atom. The van der Waals surface area contributed by atoms with Crippen molar-refractivity contribution >= 4 is 33.4 Å². The van der Waals surface area contributed by atoms with Crippen LogP contribution in [0.4, 0.5) is 0 Å². The summed E-state index contributed by atoms with van der Waals surface area (Å²) in [5.41, 5.74) is 2.55. The van der Waals surface area contributed by atoms with E-state index < -0.39 is 0 Å². The average Bonchev–Trinajstić information content (AvgIpc) is 2.72. The summed E-state index contributed by atoms with van der Waals surface area (Å²) in [5, 5.41) is 2.24. The molecule has 5 nitrogen and oxygen atoms in total. The van der Waals surface area contributed by atoms with Crippen molar-refractivity contribution in [2.24, 2.45) is 0 Å². The minimum Gasteiger partial charge on any atom is -0.325 e. The average molecular weight is 408 g/mol. The number of hydrogen-bond donors (Lipinski definition) is 2. The van der Waals surface area contributed by atoms with E-state index in [1.54, 1.807) is 6.07 Å². The lowest BCUT2D eigenvalue weighted by atomic mass is 10.1. The first-order valence-electron chi connectivity index (χ1n) is 9.99. The first kappa shape index (κ1) is 19.6. The third-order valence-corrected chi connectivity index (χ3v) is 5.48. The lowest BCUT2D eigenvalue weighted by Crippen LogP contribution is -3.09. The molecule has 1 atom stereocenters. The van der Waals surface area contributed by atoms with Gasteiger partial charge in [-0.05, 0) is 30.7 Å². The fraction of sp³-hybridized carbons (Fsp3) is 0.261. The first-order valence-corrected chi connectivity index (χ1v) is 10.4. The van der Waals surface area contributed by atoms with Gasteiger partial charge in [0.1, 0.15) is 18.2 Å². The van der Waals surface area contributed by atoms with E-state index in [-0.39, 0.29) is 5.56 Å². The number of benzene rings is 2. The van der Waals surface area contributed by atoms with Crippen LogP contribution < -0.4 is 10.5 Å². The summed E-state index contributed by atoms with van der Waals surface area (Å²) in [6.45, 7) is 4.50. The normalized spacial score (nSPS) is 12.5. The zero-order valence-corrected chi connectivity index (χ0v) is 17.2. The Labute approximate surface area is 174 Å². The Hall–Kier alpha value is -2.76. The van der Waals surface area contributed by atoms with Crippen LogP contribution in [0.5, 0.6) is 0 Å². The van der Waals surface area contributed by atoms with E-state index in [9.17, 15) is 4.79 Å². The number of pyridine rings is 1. The van der Waals surface area contributed by atoms with Crippen LogP contribution in [-0.2, 0) is 13.1 Å². The number of nitrogens with zero attached hydrogens (tertiary/aromatic N) is 2. The van der Waals surface area contributed by atoms with Crippen LogP contribution in [-0.4, -0.2) is 21.5 Å². The van der Waals surface area contributed by atoms with Gasteiger partial charge in [-0.1, -0.05) is 55.3 Å².